The first-order valence-electron chi connectivity index (χ1n) is 10.5. The standard InChI is InChI=1S/C23H29N3O5S/c1-15(2)13-20(23(28)24-19-7-5-6-8-22(19)31-4)25-32(29,30)18-9-10-21-17(14-18)11-12-26(21)16(3)27/h5-10,14-15,20,25H,11-13H2,1-4H3,(H,24,28)/t20-/m1/s1. The van der Waals surface area contributed by atoms with E-state index in [2.05, 4.69) is 10.0 Å². The molecule has 1 aliphatic rings. The molecule has 0 saturated carbocycles. The topological polar surface area (TPSA) is 105 Å². The third-order valence-electron chi connectivity index (χ3n) is 5.32. The van der Waals surface area contributed by atoms with E-state index in [0.717, 1.165) is 11.3 Å². The van der Waals surface area contributed by atoms with Crippen LogP contribution in [0, 0.1) is 5.92 Å². The second-order valence-corrected chi connectivity index (χ2v) is 9.92. The quantitative estimate of drug-likeness (QED) is 0.632. The number of rotatable bonds is 8. The van der Waals surface area contributed by atoms with Crippen LogP contribution in [0.1, 0.15) is 32.8 Å². The Morgan fingerprint density at radius 1 is 1.16 bits per heavy atom. The van der Waals surface area contributed by atoms with E-state index in [1.165, 1.54) is 20.1 Å². The molecule has 9 heteroatoms. The van der Waals surface area contributed by atoms with Gasteiger partial charge in [-0.1, -0.05) is 26.0 Å². The van der Waals surface area contributed by atoms with Gasteiger partial charge in [0.15, 0.2) is 0 Å². The van der Waals surface area contributed by atoms with Gasteiger partial charge in [-0.2, -0.15) is 4.72 Å². The first-order chi connectivity index (χ1) is 15.1. The minimum absolute atomic E-state index is 0.0699. The van der Waals surface area contributed by atoms with Crippen molar-refractivity contribution in [3.63, 3.8) is 0 Å². The lowest BCUT2D eigenvalue weighted by Crippen LogP contribution is -2.44. The highest BCUT2D eigenvalue weighted by Gasteiger charge is 2.29. The summed E-state index contributed by atoms with van der Waals surface area (Å²) in [5.41, 5.74) is 1.99. The number of benzene rings is 2. The molecule has 32 heavy (non-hydrogen) atoms. The maximum absolute atomic E-state index is 13.1. The lowest BCUT2D eigenvalue weighted by Gasteiger charge is -2.21. The minimum Gasteiger partial charge on any atom is -0.495 e. The molecule has 0 fully saturated rings. The third-order valence-corrected chi connectivity index (χ3v) is 6.79. The number of methoxy groups -OCH3 is 1. The average Bonchev–Trinajstić information content (AvgIpc) is 3.17. The van der Waals surface area contributed by atoms with Gasteiger partial charge in [0.25, 0.3) is 0 Å². The highest BCUT2D eigenvalue weighted by molar-refractivity contribution is 7.89. The predicted molar refractivity (Wildman–Crippen MR) is 123 cm³/mol. The van der Waals surface area contributed by atoms with Crippen LogP contribution in [0.2, 0.25) is 0 Å². The Hall–Kier alpha value is -2.91. The molecule has 8 nitrogen and oxygen atoms in total. The maximum Gasteiger partial charge on any atom is 0.242 e. The lowest BCUT2D eigenvalue weighted by molar-refractivity contribution is -0.118. The number of fused-ring (bicyclic) bond motifs is 1. The second-order valence-electron chi connectivity index (χ2n) is 8.20. The van der Waals surface area contributed by atoms with E-state index >= 15 is 0 Å². The number of anilines is 2. The Morgan fingerprint density at radius 2 is 1.88 bits per heavy atom. The molecule has 1 aliphatic heterocycles. The van der Waals surface area contributed by atoms with Crippen molar-refractivity contribution in [2.75, 3.05) is 23.9 Å². The van der Waals surface area contributed by atoms with Crippen LogP contribution in [0.3, 0.4) is 0 Å². The molecule has 0 spiro atoms. The van der Waals surface area contributed by atoms with Crippen molar-refractivity contribution in [2.24, 2.45) is 5.92 Å². The van der Waals surface area contributed by atoms with Gasteiger partial charge in [-0.25, -0.2) is 8.42 Å². The van der Waals surface area contributed by atoms with Crippen molar-refractivity contribution >= 4 is 33.2 Å². The molecule has 2 N–H and O–H groups in total. The summed E-state index contributed by atoms with van der Waals surface area (Å²) < 4.78 is 34.1. The zero-order chi connectivity index (χ0) is 23.5. The van der Waals surface area contributed by atoms with Gasteiger partial charge < -0.3 is 15.0 Å². The monoisotopic (exact) mass is 459 g/mol. The Balaban J connectivity index is 1.83. The van der Waals surface area contributed by atoms with E-state index in [1.54, 1.807) is 41.3 Å². The minimum atomic E-state index is -3.96. The SMILES string of the molecule is COc1ccccc1NC(=O)[C@@H](CC(C)C)NS(=O)(=O)c1ccc2c(c1)CCN2C(C)=O. The van der Waals surface area contributed by atoms with Gasteiger partial charge in [-0.15, -0.1) is 0 Å². The van der Waals surface area contributed by atoms with Crippen molar-refractivity contribution in [1.29, 1.82) is 0 Å². The Morgan fingerprint density at radius 3 is 2.53 bits per heavy atom. The van der Waals surface area contributed by atoms with Crippen LogP contribution in [0.25, 0.3) is 0 Å². The molecule has 0 aliphatic carbocycles. The van der Waals surface area contributed by atoms with E-state index in [4.69, 9.17) is 4.74 Å². The number of ether oxygens (including phenoxy) is 1. The number of nitrogens with one attached hydrogen (secondary N) is 2. The summed E-state index contributed by atoms with van der Waals surface area (Å²) in [5, 5.41) is 2.77. The first kappa shape index (κ1) is 23.7. The normalized spacial score (nSPS) is 14.2. The molecule has 0 unspecified atom stereocenters. The fraction of sp³-hybridized carbons (Fsp3) is 0.391. The van der Waals surface area contributed by atoms with Crippen LogP contribution < -0.4 is 19.7 Å². The number of hydrogen-bond acceptors (Lipinski definition) is 5. The van der Waals surface area contributed by atoms with Crippen LogP contribution in [0.5, 0.6) is 5.75 Å². The van der Waals surface area contributed by atoms with E-state index in [1.807, 2.05) is 13.8 Å². The summed E-state index contributed by atoms with van der Waals surface area (Å²) >= 11 is 0. The van der Waals surface area contributed by atoms with E-state index in [0.29, 0.717) is 30.8 Å². The zero-order valence-electron chi connectivity index (χ0n) is 18.7. The summed E-state index contributed by atoms with van der Waals surface area (Å²) in [7, 11) is -2.46. The third kappa shape index (κ3) is 5.28. The Labute approximate surface area is 189 Å². The fourth-order valence-electron chi connectivity index (χ4n) is 3.78. The molecule has 2 aromatic rings. The van der Waals surface area contributed by atoms with Crippen molar-refractivity contribution < 1.29 is 22.7 Å². The number of carbonyl (C=O) groups excluding carboxylic acids is 2. The molecule has 2 amide bonds. The molecular weight excluding hydrogens is 430 g/mol. The van der Waals surface area contributed by atoms with Gasteiger partial charge in [0.2, 0.25) is 21.8 Å². The molecule has 0 aromatic heterocycles. The zero-order valence-corrected chi connectivity index (χ0v) is 19.5. The number of carbonyl (C=O) groups is 2. The summed E-state index contributed by atoms with van der Waals surface area (Å²) in [6.07, 6.45) is 0.908. The molecule has 1 atom stereocenters. The maximum atomic E-state index is 13.1. The van der Waals surface area contributed by atoms with Gasteiger partial charge in [0.1, 0.15) is 11.8 Å². The predicted octanol–water partition coefficient (Wildman–Crippen LogP) is 2.94. The van der Waals surface area contributed by atoms with Crippen LogP contribution in [0.15, 0.2) is 47.4 Å². The number of para-hydroxylation sites is 2. The molecule has 0 saturated heterocycles. The molecule has 0 bridgehead atoms. The molecule has 0 radical (unpaired) electrons. The summed E-state index contributed by atoms with van der Waals surface area (Å²) in [6.45, 7) is 5.85. The lowest BCUT2D eigenvalue weighted by atomic mass is 10.0. The van der Waals surface area contributed by atoms with Crippen LogP contribution >= 0.6 is 0 Å². The van der Waals surface area contributed by atoms with Crippen LogP contribution in [-0.2, 0) is 26.0 Å². The highest BCUT2D eigenvalue weighted by Crippen LogP contribution is 2.30. The number of hydrogen-bond donors (Lipinski definition) is 2. The van der Waals surface area contributed by atoms with E-state index < -0.39 is 22.0 Å². The largest absolute Gasteiger partial charge is 0.495 e. The summed E-state index contributed by atoms with van der Waals surface area (Å²) in [5.74, 6) is 0.0223. The van der Waals surface area contributed by atoms with E-state index in [9.17, 15) is 18.0 Å². The van der Waals surface area contributed by atoms with E-state index in [-0.39, 0.29) is 16.7 Å². The highest BCUT2D eigenvalue weighted by atomic mass is 32.2. The Kier molecular flexibility index (Phi) is 7.20. The number of amides is 2. The number of nitrogens with zero attached hydrogens (tertiary/aromatic N) is 1. The van der Waals surface area contributed by atoms with Crippen LogP contribution in [-0.4, -0.2) is 39.9 Å². The molecule has 1 heterocycles. The van der Waals surface area contributed by atoms with Gasteiger partial charge in [0.05, 0.1) is 17.7 Å². The average molecular weight is 460 g/mol. The molecule has 2 aromatic carbocycles. The van der Waals surface area contributed by atoms with Crippen molar-refractivity contribution in [3.05, 3.63) is 48.0 Å². The van der Waals surface area contributed by atoms with Crippen molar-refractivity contribution in [2.45, 2.75) is 44.6 Å². The Bertz CT molecular complexity index is 1110. The van der Waals surface area contributed by atoms with Gasteiger partial charge in [0, 0.05) is 19.2 Å². The van der Waals surface area contributed by atoms with Gasteiger partial charge in [-0.3, -0.25) is 9.59 Å². The van der Waals surface area contributed by atoms with Gasteiger partial charge >= 0.3 is 0 Å². The summed E-state index contributed by atoms with van der Waals surface area (Å²) in [4.78, 5) is 26.4. The smallest absolute Gasteiger partial charge is 0.242 e. The molecular formula is C23H29N3O5S. The second kappa shape index (κ2) is 9.70. The summed E-state index contributed by atoms with van der Waals surface area (Å²) in [6, 6.07) is 10.7. The van der Waals surface area contributed by atoms with Crippen molar-refractivity contribution in [1.82, 2.24) is 4.72 Å². The first-order valence-corrected chi connectivity index (χ1v) is 12.0. The number of sulfonamides is 1. The molecule has 172 valence electrons. The fourth-order valence-corrected chi connectivity index (χ4v) is 5.03. The van der Waals surface area contributed by atoms with Crippen LogP contribution in [0.4, 0.5) is 11.4 Å². The van der Waals surface area contributed by atoms with Gasteiger partial charge in [-0.05, 0) is 54.7 Å². The van der Waals surface area contributed by atoms with Crippen molar-refractivity contribution in [3.8, 4) is 5.75 Å². The molecule has 3 rings (SSSR count).